The standard InChI is InChI=1S/C12H15O2S/c1-9(13)10-4-6-11(7-5-10)12(14)8-15(2)3/h4-7H,8H2,1-3H3/q+1. The Morgan fingerprint density at radius 2 is 1.53 bits per heavy atom. The van der Waals surface area contributed by atoms with Crippen molar-refractivity contribution < 1.29 is 9.59 Å². The molecule has 0 spiro atoms. The molecule has 0 heterocycles. The van der Waals surface area contributed by atoms with Crippen molar-refractivity contribution in [3.63, 3.8) is 0 Å². The summed E-state index contributed by atoms with van der Waals surface area (Å²) < 4.78 is 0. The zero-order valence-electron chi connectivity index (χ0n) is 9.24. The van der Waals surface area contributed by atoms with E-state index in [1.807, 2.05) is 12.5 Å². The lowest BCUT2D eigenvalue weighted by Gasteiger charge is -2.00. The van der Waals surface area contributed by atoms with Gasteiger partial charge in [-0.3, -0.25) is 9.59 Å². The van der Waals surface area contributed by atoms with Crippen molar-refractivity contribution in [3.8, 4) is 0 Å². The zero-order chi connectivity index (χ0) is 11.4. The number of carbonyl (C=O) groups excluding carboxylic acids is 2. The van der Waals surface area contributed by atoms with Crippen LogP contribution in [0.2, 0.25) is 0 Å². The van der Waals surface area contributed by atoms with E-state index in [1.165, 1.54) is 6.92 Å². The molecular weight excluding hydrogens is 208 g/mol. The second kappa shape index (κ2) is 5.12. The smallest absolute Gasteiger partial charge is 0.211 e. The van der Waals surface area contributed by atoms with Crippen LogP contribution in [0.4, 0.5) is 0 Å². The normalized spacial score (nSPS) is 10.4. The van der Waals surface area contributed by atoms with E-state index in [0.29, 0.717) is 16.9 Å². The second-order valence-electron chi connectivity index (χ2n) is 3.69. The molecule has 80 valence electrons. The van der Waals surface area contributed by atoms with Gasteiger partial charge in [-0.05, 0) is 17.8 Å². The molecule has 0 saturated carbocycles. The van der Waals surface area contributed by atoms with E-state index in [1.54, 1.807) is 24.3 Å². The summed E-state index contributed by atoms with van der Waals surface area (Å²) in [5, 5.41) is 0. The van der Waals surface area contributed by atoms with Crippen molar-refractivity contribution in [2.24, 2.45) is 0 Å². The van der Waals surface area contributed by atoms with Crippen LogP contribution in [0, 0.1) is 0 Å². The molecule has 0 amide bonds. The van der Waals surface area contributed by atoms with E-state index in [9.17, 15) is 9.59 Å². The Kier molecular flexibility index (Phi) is 4.09. The van der Waals surface area contributed by atoms with Crippen LogP contribution in [0.15, 0.2) is 24.3 Å². The summed E-state index contributed by atoms with van der Waals surface area (Å²) >= 11 is 0. The maximum Gasteiger partial charge on any atom is 0.211 e. The molecule has 0 bridgehead atoms. The molecule has 0 fully saturated rings. The Balaban J connectivity index is 2.80. The number of ketones is 2. The minimum atomic E-state index is 0.0275. The number of hydrogen-bond acceptors (Lipinski definition) is 2. The molecule has 1 aromatic carbocycles. The summed E-state index contributed by atoms with van der Waals surface area (Å²) in [5.41, 5.74) is 1.35. The Labute approximate surface area is 93.0 Å². The quantitative estimate of drug-likeness (QED) is 0.577. The predicted molar refractivity (Wildman–Crippen MR) is 64.9 cm³/mol. The minimum absolute atomic E-state index is 0.0275. The summed E-state index contributed by atoms with van der Waals surface area (Å²) in [5.74, 6) is 0.762. The average Bonchev–Trinajstić information content (AvgIpc) is 2.17. The van der Waals surface area contributed by atoms with Crippen LogP contribution in [0.25, 0.3) is 0 Å². The van der Waals surface area contributed by atoms with Gasteiger partial charge in [-0.25, -0.2) is 0 Å². The van der Waals surface area contributed by atoms with E-state index >= 15 is 0 Å². The van der Waals surface area contributed by atoms with Gasteiger partial charge in [0.2, 0.25) is 5.78 Å². The topological polar surface area (TPSA) is 34.1 Å². The van der Waals surface area contributed by atoms with Crippen LogP contribution in [0.1, 0.15) is 27.6 Å². The SMILES string of the molecule is CC(=O)c1ccc(C(=O)C[S+](C)C)cc1. The fourth-order valence-electron chi connectivity index (χ4n) is 1.24. The molecular formula is C12H15O2S+. The largest absolute Gasteiger partial charge is 0.295 e. The Morgan fingerprint density at radius 1 is 1.07 bits per heavy atom. The van der Waals surface area contributed by atoms with Crippen molar-refractivity contribution in [2.75, 3.05) is 18.3 Å². The first-order chi connectivity index (χ1) is 7.00. The van der Waals surface area contributed by atoms with Gasteiger partial charge < -0.3 is 0 Å². The third-order valence-electron chi connectivity index (χ3n) is 2.03. The van der Waals surface area contributed by atoms with Gasteiger partial charge >= 0.3 is 0 Å². The molecule has 0 unspecified atom stereocenters. The summed E-state index contributed by atoms with van der Waals surface area (Å²) in [7, 11) is 0.123. The molecule has 3 heteroatoms. The van der Waals surface area contributed by atoms with Gasteiger partial charge in [0.1, 0.15) is 0 Å². The molecule has 1 aromatic rings. The molecule has 0 saturated heterocycles. The molecule has 0 aliphatic carbocycles. The van der Waals surface area contributed by atoms with E-state index in [0.717, 1.165) is 0 Å². The third-order valence-corrected chi connectivity index (χ3v) is 2.87. The Bertz CT molecular complexity index is 366. The van der Waals surface area contributed by atoms with Crippen molar-refractivity contribution in [3.05, 3.63) is 35.4 Å². The average molecular weight is 223 g/mol. The van der Waals surface area contributed by atoms with E-state index in [4.69, 9.17) is 0 Å². The summed E-state index contributed by atoms with van der Waals surface area (Å²) in [6.45, 7) is 1.52. The molecule has 0 aliphatic rings. The fraction of sp³-hybridized carbons (Fsp3) is 0.333. The van der Waals surface area contributed by atoms with Gasteiger partial charge in [0, 0.05) is 11.1 Å². The number of Topliss-reactive ketones (excluding diaryl/α,β-unsaturated/α-hetero) is 2. The second-order valence-corrected chi connectivity index (χ2v) is 5.95. The van der Waals surface area contributed by atoms with Gasteiger partial charge in [0.05, 0.1) is 12.5 Å². The van der Waals surface area contributed by atoms with Gasteiger partial charge in [-0.1, -0.05) is 24.3 Å². The van der Waals surface area contributed by atoms with Gasteiger partial charge in [-0.15, -0.1) is 0 Å². The lowest BCUT2D eigenvalue weighted by molar-refractivity contribution is 0.100. The van der Waals surface area contributed by atoms with E-state index < -0.39 is 0 Å². The first kappa shape index (κ1) is 12.0. The molecule has 0 radical (unpaired) electrons. The van der Waals surface area contributed by atoms with E-state index in [-0.39, 0.29) is 22.5 Å². The molecule has 0 aromatic heterocycles. The zero-order valence-corrected chi connectivity index (χ0v) is 10.1. The molecule has 0 N–H and O–H groups in total. The van der Waals surface area contributed by atoms with Crippen LogP contribution in [0.3, 0.4) is 0 Å². The highest BCUT2D eigenvalue weighted by Gasteiger charge is 2.13. The number of benzene rings is 1. The van der Waals surface area contributed by atoms with Crippen LogP contribution < -0.4 is 0 Å². The summed E-state index contributed by atoms with van der Waals surface area (Å²) in [4.78, 5) is 22.7. The third kappa shape index (κ3) is 3.51. The molecule has 1 rings (SSSR count). The molecule has 0 aliphatic heterocycles. The van der Waals surface area contributed by atoms with Gasteiger partial charge in [0.15, 0.2) is 11.5 Å². The van der Waals surface area contributed by atoms with Crippen molar-refractivity contribution in [1.29, 1.82) is 0 Å². The number of hydrogen-bond donors (Lipinski definition) is 0. The monoisotopic (exact) mass is 223 g/mol. The minimum Gasteiger partial charge on any atom is -0.295 e. The fourth-order valence-corrected chi connectivity index (χ4v) is 1.93. The lowest BCUT2D eigenvalue weighted by atomic mass is 10.1. The van der Waals surface area contributed by atoms with Crippen LogP contribution in [0.5, 0.6) is 0 Å². The molecule has 0 atom stereocenters. The van der Waals surface area contributed by atoms with Crippen molar-refractivity contribution >= 4 is 22.5 Å². The van der Waals surface area contributed by atoms with Gasteiger partial charge in [0.25, 0.3) is 0 Å². The highest BCUT2D eigenvalue weighted by molar-refractivity contribution is 7.96. The van der Waals surface area contributed by atoms with Crippen LogP contribution >= 0.6 is 0 Å². The van der Waals surface area contributed by atoms with Crippen molar-refractivity contribution in [2.45, 2.75) is 6.92 Å². The molecule has 15 heavy (non-hydrogen) atoms. The maximum absolute atomic E-state index is 11.7. The summed E-state index contributed by atoms with van der Waals surface area (Å²) in [6, 6.07) is 6.87. The summed E-state index contributed by atoms with van der Waals surface area (Å²) in [6.07, 6.45) is 4.09. The first-order valence-corrected chi connectivity index (χ1v) is 6.90. The number of rotatable bonds is 4. The highest BCUT2D eigenvalue weighted by Crippen LogP contribution is 2.07. The lowest BCUT2D eigenvalue weighted by Crippen LogP contribution is -2.13. The van der Waals surface area contributed by atoms with Gasteiger partial charge in [-0.2, -0.15) is 0 Å². The van der Waals surface area contributed by atoms with E-state index in [2.05, 4.69) is 0 Å². The van der Waals surface area contributed by atoms with Crippen molar-refractivity contribution in [1.82, 2.24) is 0 Å². The predicted octanol–water partition coefficient (Wildman–Crippen LogP) is 1.95. The number of carbonyl (C=O) groups is 2. The Hall–Kier alpha value is -1.09. The Morgan fingerprint density at radius 3 is 1.93 bits per heavy atom. The first-order valence-electron chi connectivity index (χ1n) is 4.69. The molecule has 2 nitrogen and oxygen atoms in total. The highest BCUT2D eigenvalue weighted by atomic mass is 32.2. The van der Waals surface area contributed by atoms with Crippen LogP contribution in [-0.2, 0) is 10.9 Å². The maximum atomic E-state index is 11.7. The van der Waals surface area contributed by atoms with Crippen LogP contribution in [-0.4, -0.2) is 29.8 Å².